The van der Waals surface area contributed by atoms with E-state index in [1.54, 1.807) is 27.7 Å². The van der Waals surface area contributed by atoms with E-state index >= 15 is 0 Å². The van der Waals surface area contributed by atoms with Crippen molar-refractivity contribution >= 4 is 34.9 Å². The minimum absolute atomic E-state index is 0.0274. The third kappa shape index (κ3) is 4.60. The number of carbonyl (C=O) groups is 1. The molecule has 6 heteroatoms. The van der Waals surface area contributed by atoms with Crippen molar-refractivity contribution in [1.82, 2.24) is 0 Å². The normalized spacial score (nSPS) is 14.0. The second-order valence-corrected chi connectivity index (χ2v) is 6.52. The van der Waals surface area contributed by atoms with E-state index in [-0.39, 0.29) is 17.6 Å². The van der Waals surface area contributed by atoms with Crippen molar-refractivity contribution in [2.24, 2.45) is 10.4 Å². The molecule has 0 saturated carbocycles. The van der Waals surface area contributed by atoms with E-state index in [0.29, 0.717) is 5.56 Å². The molecule has 0 N–H and O–H groups in total. The van der Waals surface area contributed by atoms with Crippen LogP contribution in [0, 0.1) is 11.2 Å². The summed E-state index contributed by atoms with van der Waals surface area (Å²) in [6.45, 7) is 6.94. The van der Waals surface area contributed by atoms with E-state index in [9.17, 15) is 9.18 Å². The van der Waals surface area contributed by atoms with Crippen LogP contribution in [0.15, 0.2) is 23.2 Å². The highest BCUT2D eigenvalue weighted by Crippen LogP contribution is 2.30. The van der Waals surface area contributed by atoms with E-state index < -0.39 is 16.8 Å². The number of hydrogen-bond donors (Lipinski definition) is 0. The number of esters is 1. The van der Waals surface area contributed by atoms with Crippen molar-refractivity contribution in [2.75, 3.05) is 6.61 Å². The van der Waals surface area contributed by atoms with Crippen LogP contribution in [0.2, 0.25) is 5.02 Å². The molecule has 0 amide bonds. The molecule has 1 atom stereocenters. The van der Waals surface area contributed by atoms with Gasteiger partial charge < -0.3 is 4.74 Å². The molecule has 0 aromatic heterocycles. The lowest BCUT2D eigenvalue weighted by Gasteiger charge is -2.26. The summed E-state index contributed by atoms with van der Waals surface area (Å²) in [5.74, 6) is -0.887. The SMILES string of the molecule is CC(C)(C)C(=O)OCC(C)(N=C=S)c1ccc(F)c(Cl)c1. The summed E-state index contributed by atoms with van der Waals surface area (Å²) in [5, 5.41) is 2.26. The van der Waals surface area contributed by atoms with Crippen molar-refractivity contribution < 1.29 is 13.9 Å². The summed E-state index contributed by atoms with van der Waals surface area (Å²) in [4.78, 5) is 15.9. The minimum atomic E-state index is -0.958. The first-order chi connectivity index (χ1) is 9.60. The second kappa shape index (κ2) is 6.65. The molecule has 1 aromatic rings. The Kier molecular flexibility index (Phi) is 5.62. The maximum absolute atomic E-state index is 13.3. The van der Waals surface area contributed by atoms with Gasteiger partial charge >= 0.3 is 5.97 Å². The Morgan fingerprint density at radius 3 is 2.52 bits per heavy atom. The lowest BCUT2D eigenvalue weighted by molar-refractivity contribution is -0.154. The average molecular weight is 330 g/mol. The monoisotopic (exact) mass is 329 g/mol. The number of isothiocyanates is 1. The highest BCUT2D eigenvalue weighted by atomic mass is 35.5. The number of ether oxygens (including phenoxy) is 1. The van der Waals surface area contributed by atoms with Crippen LogP contribution in [0.4, 0.5) is 4.39 Å². The summed E-state index contributed by atoms with van der Waals surface area (Å²) in [6, 6.07) is 4.21. The van der Waals surface area contributed by atoms with Gasteiger partial charge in [0.15, 0.2) is 0 Å². The van der Waals surface area contributed by atoms with Gasteiger partial charge in [-0.2, -0.15) is 0 Å². The van der Waals surface area contributed by atoms with Gasteiger partial charge in [-0.05, 0) is 57.6 Å². The zero-order valence-corrected chi connectivity index (χ0v) is 13.9. The number of nitrogens with zero attached hydrogens (tertiary/aromatic N) is 1. The van der Waals surface area contributed by atoms with Crippen LogP contribution in [0.25, 0.3) is 0 Å². The zero-order chi connectivity index (χ0) is 16.3. The van der Waals surface area contributed by atoms with Crippen molar-refractivity contribution in [1.29, 1.82) is 0 Å². The average Bonchev–Trinajstić information content (AvgIpc) is 2.38. The molecule has 1 rings (SSSR count). The van der Waals surface area contributed by atoms with Crippen LogP contribution < -0.4 is 0 Å². The van der Waals surface area contributed by atoms with Crippen LogP contribution >= 0.6 is 23.8 Å². The van der Waals surface area contributed by atoms with Gasteiger partial charge in [0.1, 0.15) is 18.0 Å². The third-order valence-electron chi connectivity index (χ3n) is 2.93. The number of benzene rings is 1. The number of carbonyl (C=O) groups excluding carboxylic acids is 1. The fourth-order valence-electron chi connectivity index (χ4n) is 1.53. The van der Waals surface area contributed by atoms with Gasteiger partial charge in [-0.25, -0.2) is 9.38 Å². The molecule has 0 radical (unpaired) electrons. The first-order valence-corrected chi connectivity index (χ1v) is 7.10. The van der Waals surface area contributed by atoms with Crippen LogP contribution in [-0.4, -0.2) is 17.7 Å². The van der Waals surface area contributed by atoms with Crippen LogP contribution in [0.3, 0.4) is 0 Å². The van der Waals surface area contributed by atoms with E-state index in [2.05, 4.69) is 22.4 Å². The van der Waals surface area contributed by atoms with Crippen LogP contribution in [-0.2, 0) is 15.1 Å². The first kappa shape index (κ1) is 17.8. The summed E-state index contributed by atoms with van der Waals surface area (Å²) >= 11 is 10.4. The third-order valence-corrected chi connectivity index (χ3v) is 3.31. The molecule has 0 saturated heterocycles. The molecular formula is C15H17ClFNO2S. The maximum atomic E-state index is 13.3. The molecule has 0 aliphatic carbocycles. The highest BCUT2D eigenvalue weighted by Gasteiger charge is 2.31. The van der Waals surface area contributed by atoms with Gasteiger partial charge in [0.2, 0.25) is 0 Å². The topological polar surface area (TPSA) is 38.7 Å². The number of rotatable bonds is 4. The summed E-state index contributed by atoms with van der Waals surface area (Å²) in [5.41, 5.74) is -0.990. The van der Waals surface area contributed by atoms with Crippen molar-refractivity contribution in [3.63, 3.8) is 0 Å². The Morgan fingerprint density at radius 2 is 2.05 bits per heavy atom. The molecule has 0 aliphatic rings. The molecule has 0 heterocycles. The summed E-state index contributed by atoms with van der Waals surface area (Å²) in [7, 11) is 0. The molecular weight excluding hydrogens is 313 g/mol. The summed E-state index contributed by atoms with van der Waals surface area (Å²) in [6.07, 6.45) is 0. The first-order valence-electron chi connectivity index (χ1n) is 6.32. The Balaban J connectivity index is 3.06. The molecule has 0 aliphatic heterocycles. The van der Waals surface area contributed by atoms with Crippen LogP contribution in [0.1, 0.15) is 33.3 Å². The Hall–Kier alpha value is -1.29. The van der Waals surface area contributed by atoms with Gasteiger partial charge in [-0.1, -0.05) is 17.7 Å². The summed E-state index contributed by atoms with van der Waals surface area (Å²) < 4.78 is 18.6. The fraction of sp³-hybridized carbons (Fsp3) is 0.467. The zero-order valence-electron chi connectivity index (χ0n) is 12.4. The Labute approximate surface area is 134 Å². The second-order valence-electron chi connectivity index (χ2n) is 5.93. The van der Waals surface area contributed by atoms with Crippen molar-refractivity contribution in [3.05, 3.63) is 34.6 Å². The molecule has 0 spiro atoms. The minimum Gasteiger partial charge on any atom is -0.462 e. The molecule has 1 aromatic carbocycles. The molecule has 0 bridgehead atoms. The van der Waals surface area contributed by atoms with Gasteiger partial charge in [0, 0.05) is 0 Å². The number of hydrogen-bond acceptors (Lipinski definition) is 4. The molecule has 0 fully saturated rings. The van der Waals surface area contributed by atoms with Gasteiger partial charge in [-0.3, -0.25) is 4.79 Å². The quantitative estimate of drug-likeness (QED) is 0.467. The van der Waals surface area contributed by atoms with Gasteiger partial charge in [0.05, 0.1) is 15.6 Å². The predicted molar refractivity (Wildman–Crippen MR) is 84.2 cm³/mol. The fourth-order valence-corrected chi connectivity index (χ4v) is 1.92. The largest absolute Gasteiger partial charge is 0.462 e. The van der Waals surface area contributed by atoms with E-state index in [1.807, 2.05) is 0 Å². The van der Waals surface area contributed by atoms with E-state index in [4.69, 9.17) is 16.3 Å². The van der Waals surface area contributed by atoms with Crippen molar-refractivity contribution in [2.45, 2.75) is 33.2 Å². The lowest BCUT2D eigenvalue weighted by Crippen LogP contribution is -2.32. The number of halogens is 2. The molecule has 1 unspecified atom stereocenters. The molecule has 3 nitrogen and oxygen atoms in total. The molecule has 21 heavy (non-hydrogen) atoms. The van der Waals surface area contributed by atoms with Crippen molar-refractivity contribution in [3.8, 4) is 0 Å². The Bertz CT molecular complexity index is 594. The molecule has 114 valence electrons. The Morgan fingerprint density at radius 1 is 1.43 bits per heavy atom. The maximum Gasteiger partial charge on any atom is 0.311 e. The predicted octanol–water partition coefficient (Wildman–Crippen LogP) is 4.39. The van der Waals surface area contributed by atoms with Gasteiger partial charge in [0.25, 0.3) is 0 Å². The van der Waals surface area contributed by atoms with Crippen LogP contribution in [0.5, 0.6) is 0 Å². The number of thiocarbonyl (C=S) groups is 1. The number of aliphatic imine (C=N–C) groups is 1. The smallest absolute Gasteiger partial charge is 0.311 e. The van der Waals surface area contributed by atoms with E-state index in [1.165, 1.54) is 18.2 Å². The lowest BCUT2D eigenvalue weighted by atomic mass is 9.93. The van der Waals surface area contributed by atoms with E-state index in [0.717, 1.165) is 0 Å². The highest BCUT2D eigenvalue weighted by molar-refractivity contribution is 7.78. The standard InChI is InChI=1S/C15H17ClFNO2S/c1-14(2,3)13(19)20-8-15(4,18-9-21)10-5-6-12(17)11(16)7-10/h5-7H,8H2,1-4H3. The van der Waals surface area contributed by atoms with Gasteiger partial charge in [-0.15, -0.1) is 0 Å².